The summed E-state index contributed by atoms with van der Waals surface area (Å²) in [5.74, 6) is 0. The standard InChI is InChI=1S/C58H37N/c1-3-16-38(17-4-1)43-34-56(41-19-5-2-6-20-41)59-57(35-43)42-32-30-40(31-33-42)49-37-55-51(36-50(49)45-26-15-21-39-18-7-8-22-44(39)45)48-25-11-14-29-54(48)58(55)52-27-12-9-23-46(52)47-24-10-13-28-53(47)58/h1-37H. The molecule has 10 aromatic rings. The third kappa shape index (κ3) is 5.08. The molecule has 12 rings (SSSR count). The van der Waals surface area contributed by atoms with Gasteiger partial charge in [-0.3, -0.25) is 0 Å². The number of rotatable bonds is 5. The van der Waals surface area contributed by atoms with Gasteiger partial charge >= 0.3 is 0 Å². The molecule has 9 aromatic carbocycles. The minimum absolute atomic E-state index is 0.430. The maximum Gasteiger partial charge on any atom is 0.0725 e. The molecule has 0 N–H and O–H groups in total. The lowest BCUT2D eigenvalue weighted by molar-refractivity contribution is 0.794. The highest BCUT2D eigenvalue weighted by atomic mass is 14.7. The molecule has 0 amide bonds. The Morgan fingerprint density at radius 2 is 0.729 bits per heavy atom. The van der Waals surface area contributed by atoms with Crippen molar-refractivity contribution in [3.8, 4) is 78.1 Å². The largest absolute Gasteiger partial charge is 0.248 e. The van der Waals surface area contributed by atoms with Crippen LogP contribution in [0.5, 0.6) is 0 Å². The average Bonchev–Trinajstić information content (AvgIpc) is 3.78. The summed E-state index contributed by atoms with van der Waals surface area (Å²) >= 11 is 0. The third-order valence-electron chi connectivity index (χ3n) is 12.7. The van der Waals surface area contributed by atoms with Crippen molar-refractivity contribution in [3.63, 3.8) is 0 Å². The SMILES string of the molecule is c1ccc(-c2cc(-c3ccccc3)nc(-c3ccc(-c4cc5c(cc4-c4cccc6ccccc46)-c4ccccc4C54c5ccccc5-c5ccccc54)cc3)c2)cc1. The van der Waals surface area contributed by atoms with Crippen LogP contribution in [-0.2, 0) is 5.41 Å². The molecule has 0 bridgehead atoms. The van der Waals surface area contributed by atoms with Crippen molar-refractivity contribution >= 4 is 10.8 Å². The van der Waals surface area contributed by atoms with Crippen LogP contribution in [0.25, 0.3) is 88.9 Å². The first-order valence-electron chi connectivity index (χ1n) is 20.5. The van der Waals surface area contributed by atoms with E-state index in [0.717, 1.165) is 28.1 Å². The number of fused-ring (bicyclic) bond motifs is 11. The molecule has 0 atom stereocenters. The molecule has 1 nitrogen and oxygen atoms in total. The third-order valence-corrected chi connectivity index (χ3v) is 12.7. The second-order valence-corrected chi connectivity index (χ2v) is 15.8. The molecule has 59 heavy (non-hydrogen) atoms. The topological polar surface area (TPSA) is 12.9 Å². The highest BCUT2D eigenvalue weighted by Crippen LogP contribution is 2.63. The van der Waals surface area contributed by atoms with Crippen LogP contribution < -0.4 is 0 Å². The first kappa shape index (κ1) is 33.5. The van der Waals surface area contributed by atoms with Crippen LogP contribution in [0.4, 0.5) is 0 Å². The van der Waals surface area contributed by atoms with Crippen molar-refractivity contribution in [1.82, 2.24) is 4.98 Å². The van der Waals surface area contributed by atoms with Crippen molar-refractivity contribution in [1.29, 1.82) is 0 Å². The molecular weight excluding hydrogens is 711 g/mol. The smallest absolute Gasteiger partial charge is 0.0725 e. The number of aromatic nitrogens is 1. The first-order valence-corrected chi connectivity index (χ1v) is 20.5. The molecule has 0 saturated carbocycles. The molecule has 0 aliphatic heterocycles. The van der Waals surface area contributed by atoms with Crippen LogP contribution in [0.2, 0.25) is 0 Å². The van der Waals surface area contributed by atoms with Gasteiger partial charge < -0.3 is 0 Å². The van der Waals surface area contributed by atoms with Gasteiger partial charge in [-0.15, -0.1) is 0 Å². The van der Waals surface area contributed by atoms with Crippen molar-refractivity contribution in [2.75, 3.05) is 0 Å². The minimum atomic E-state index is -0.430. The summed E-state index contributed by atoms with van der Waals surface area (Å²) in [5, 5.41) is 2.49. The molecule has 1 heteroatoms. The molecule has 2 aliphatic rings. The fraction of sp³-hybridized carbons (Fsp3) is 0.0172. The fourth-order valence-electron chi connectivity index (χ4n) is 10.1. The summed E-state index contributed by atoms with van der Waals surface area (Å²) in [7, 11) is 0. The van der Waals surface area contributed by atoms with Gasteiger partial charge in [-0.05, 0) is 113 Å². The number of hydrogen-bond donors (Lipinski definition) is 0. The summed E-state index contributed by atoms with van der Waals surface area (Å²) < 4.78 is 0. The predicted molar refractivity (Wildman–Crippen MR) is 245 cm³/mol. The normalized spacial score (nSPS) is 12.9. The van der Waals surface area contributed by atoms with E-state index in [1.807, 2.05) is 0 Å². The van der Waals surface area contributed by atoms with Crippen molar-refractivity contribution in [2.24, 2.45) is 0 Å². The number of pyridine rings is 1. The summed E-state index contributed by atoms with van der Waals surface area (Å²) in [6.07, 6.45) is 0. The lowest BCUT2D eigenvalue weighted by Gasteiger charge is -2.31. The Hall–Kier alpha value is -7.61. The van der Waals surface area contributed by atoms with E-state index in [9.17, 15) is 0 Å². The Kier molecular flexibility index (Phi) is 7.52. The van der Waals surface area contributed by atoms with Gasteiger partial charge in [0.25, 0.3) is 0 Å². The van der Waals surface area contributed by atoms with Crippen molar-refractivity contribution in [3.05, 3.63) is 247 Å². The Balaban J connectivity index is 1.10. The quantitative estimate of drug-likeness (QED) is 0.171. The van der Waals surface area contributed by atoms with Crippen LogP contribution in [0.1, 0.15) is 22.3 Å². The van der Waals surface area contributed by atoms with E-state index in [2.05, 4.69) is 224 Å². The lowest BCUT2D eigenvalue weighted by Crippen LogP contribution is -2.25. The molecule has 0 saturated heterocycles. The number of benzene rings is 9. The molecular formula is C58H37N. The van der Waals surface area contributed by atoms with E-state index >= 15 is 0 Å². The van der Waals surface area contributed by atoms with Crippen LogP contribution in [0, 0.1) is 0 Å². The molecule has 1 heterocycles. The fourth-order valence-corrected chi connectivity index (χ4v) is 10.1. The van der Waals surface area contributed by atoms with E-state index < -0.39 is 5.41 Å². The lowest BCUT2D eigenvalue weighted by atomic mass is 9.70. The number of hydrogen-bond acceptors (Lipinski definition) is 1. The summed E-state index contributed by atoms with van der Waals surface area (Å²) in [6, 6.07) is 82.4. The van der Waals surface area contributed by atoms with Crippen molar-refractivity contribution < 1.29 is 0 Å². The summed E-state index contributed by atoms with van der Waals surface area (Å²) in [4.78, 5) is 5.26. The average molecular weight is 748 g/mol. The van der Waals surface area contributed by atoms with Gasteiger partial charge in [0.2, 0.25) is 0 Å². The van der Waals surface area contributed by atoms with E-state index in [0.29, 0.717) is 0 Å². The first-order chi connectivity index (χ1) is 29.3. The second-order valence-electron chi connectivity index (χ2n) is 15.8. The van der Waals surface area contributed by atoms with Crippen LogP contribution in [0.15, 0.2) is 224 Å². The van der Waals surface area contributed by atoms with Crippen LogP contribution in [-0.4, -0.2) is 4.98 Å². The maximum absolute atomic E-state index is 5.26. The molecule has 274 valence electrons. The molecule has 0 radical (unpaired) electrons. The Morgan fingerprint density at radius 3 is 1.37 bits per heavy atom. The van der Waals surface area contributed by atoms with Crippen LogP contribution >= 0.6 is 0 Å². The summed E-state index contributed by atoms with van der Waals surface area (Å²) in [5.41, 5.74) is 21.5. The Labute approximate surface area is 344 Å². The highest BCUT2D eigenvalue weighted by molar-refractivity contribution is 6.04. The molecule has 1 aromatic heterocycles. The maximum atomic E-state index is 5.26. The number of nitrogens with zero attached hydrogens (tertiary/aromatic N) is 1. The van der Waals surface area contributed by atoms with E-state index in [1.165, 1.54) is 83.1 Å². The van der Waals surface area contributed by atoms with Gasteiger partial charge in [-0.25, -0.2) is 4.98 Å². The molecule has 0 unspecified atom stereocenters. The van der Waals surface area contributed by atoms with Gasteiger partial charge in [0, 0.05) is 11.1 Å². The molecule has 0 fully saturated rings. The van der Waals surface area contributed by atoms with Crippen molar-refractivity contribution in [2.45, 2.75) is 5.41 Å². The Morgan fingerprint density at radius 1 is 0.254 bits per heavy atom. The highest BCUT2D eigenvalue weighted by Gasteiger charge is 2.51. The predicted octanol–water partition coefficient (Wildman–Crippen LogP) is 14.9. The second kappa shape index (κ2) is 13.2. The van der Waals surface area contributed by atoms with Gasteiger partial charge in [-0.2, -0.15) is 0 Å². The zero-order valence-corrected chi connectivity index (χ0v) is 32.3. The van der Waals surface area contributed by atoms with E-state index in [1.54, 1.807) is 0 Å². The van der Waals surface area contributed by atoms with Gasteiger partial charge in [0.05, 0.1) is 16.8 Å². The zero-order valence-electron chi connectivity index (χ0n) is 32.3. The van der Waals surface area contributed by atoms with Gasteiger partial charge in [0.15, 0.2) is 0 Å². The minimum Gasteiger partial charge on any atom is -0.248 e. The monoisotopic (exact) mass is 747 g/mol. The van der Waals surface area contributed by atoms with Crippen LogP contribution in [0.3, 0.4) is 0 Å². The van der Waals surface area contributed by atoms with E-state index in [4.69, 9.17) is 4.98 Å². The summed E-state index contributed by atoms with van der Waals surface area (Å²) in [6.45, 7) is 0. The molecule has 1 spiro atoms. The van der Waals surface area contributed by atoms with Gasteiger partial charge in [-0.1, -0.05) is 200 Å². The van der Waals surface area contributed by atoms with E-state index in [-0.39, 0.29) is 0 Å². The molecule has 2 aliphatic carbocycles. The van der Waals surface area contributed by atoms with Gasteiger partial charge in [0.1, 0.15) is 0 Å². The Bertz CT molecular complexity index is 3140. The zero-order chi connectivity index (χ0) is 38.9.